The summed E-state index contributed by atoms with van der Waals surface area (Å²) in [6.45, 7) is 1.85. The molecule has 0 fully saturated rings. The second-order valence-corrected chi connectivity index (χ2v) is 9.45. The van der Waals surface area contributed by atoms with E-state index in [2.05, 4.69) is 0 Å². The van der Waals surface area contributed by atoms with E-state index in [4.69, 9.17) is 9.73 Å². The highest BCUT2D eigenvalue weighted by Crippen LogP contribution is 2.47. The molecule has 3 aromatic carbocycles. The monoisotopic (exact) mass is 494 g/mol. The predicted octanol–water partition coefficient (Wildman–Crippen LogP) is 5.91. The number of nitro benzene ring substituents is 1. The summed E-state index contributed by atoms with van der Waals surface area (Å²) >= 11 is 0. The van der Waals surface area contributed by atoms with Crippen molar-refractivity contribution in [3.63, 3.8) is 0 Å². The highest BCUT2D eigenvalue weighted by atomic mass is 16.6. The number of non-ortho nitro benzene ring substituents is 1. The Hall–Kier alpha value is -4.39. The summed E-state index contributed by atoms with van der Waals surface area (Å²) in [6.07, 6.45) is 0.842. The van der Waals surface area contributed by atoms with Gasteiger partial charge in [-0.3, -0.25) is 24.7 Å². The average molecular weight is 495 g/mol. The molecule has 5 rings (SSSR count). The van der Waals surface area contributed by atoms with Crippen LogP contribution >= 0.6 is 0 Å². The first kappa shape index (κ1) is 24.3. The third-order valence-corrected chi connectivity index (χ3v) is 7.08. The van der Waals surface area contributed by atoms with E-state index in [0.29, 0.717) is 29.0 Å². The molecule has 0 N–H and O–H groups in total. The van der Waals surface area contributed by atoms with Gasteiger partial charge in [-0.15, -0.1) is 0 Å². The van der Waals surface area contributed by atoms with Crippen LogP contribution in [0, 0.1) is 16.0 Å². The lowest BCUT2D eigenvalue weighted by Crippen LogP contribution is -2.38. The molecule has 3 atom stereocenters. The summed E-state index contributed by atoms with van der Waals surface area (Å²) in [5.74, 6) is -2.19. The summed E-state index contributed by atoms with van der Waals surface area (Å²) < 4.78 is 5.69. The molecular formula is C30H26N2O5. The van der Waals surface area contributed by atoms with Crippen LogP contribution in [0.3, 0.4) is 0 Å². The molecule has 0 saturated heterocycles. The lowest BCUT2D eigenvalue weighted by Gasteiger charge is -2.36. The van der Waals surface area contributed by atoms with Crippen molar-refractivity contribution < 1.29 is 19.2 Å². The summed E-state index contributed by atoms with van der Waals surface area (Å²) in [5, 5.41) is 11.5. The van der Waals surface area contributed by atoms with Crippen LogP contribution in [0.2, 0.25) is 0 Å². The lowest BCUT2D eigenvalue weighted by molar-refractivity contribution is -0.384. The number of ether oxygens (including phenoxy) is 1. The van der Waals surface area contributed by atoms with Crippen LogP contribution in [-0.4, -0.2) is 22.4 Å². The SMILES string of the molecule is CC1=NC2=C(C(=O)C[C@H](c3ccccc3)C2)[C@H](c2cccc([N+](=O)[O-])c2)C1C(=O)OCc1ccccc1. The van der Waals surface area contributed by atoms with Gasteiger partial charge in [0.15, 0.2) is 5.78 Å². The zero-order valence-corrected chi connectivity index (χ0v) is 20.4. The van der Waals surface area contributed by atoms with E-state index in [1.165, 1.54) is 12.1 Å². The van der Waals surface area contributed by atoms with Gasteiger partial charge >= 0.3 is 5.97 Å². The molecule has 1 aliphatic heterocycles. The van der Waals surface area contributed by atoms with Crippen molar-refractivity contribution in [3.8, 4) is 0 Å². The maximum atomic E-state index is 13.7. The second-order valence-electron chi connectivity index (χ2n) is 9.45. The van der Waals surface area contributed by atoms with E-state index < -0.39 is 22.7 Å². The zero-order valence-electron chi connectivity index (χ0n) is 20.4. The highest BCUT2D eigenvalue weighted by molar-refractivity contribution is 6.09. The fraction of sp³-hybridized carbons (Fsp3) is 0.233. The molecule has 1 aliphatic carbocycles. The molecule has 0 radical (unpaired) electrons. The molecular weight excluding hydrogens is 468 g/mol. The summed E-state index contributed by atoms with van der Waals surface area (Å²) in [6, 6.07) is 25.3. The number of benzene rings is 3. The minimum absolute atomic E-state index is 0.0173. The first-order valence-electron chi connectivity index (χ1n) is 12.2. The molecule has 3 aromatic rings. The van der Waals surface area contributed by atoms with Crippen LogP contribution in [0.1, 0.15) is 48.3 Å². The average Bonchev–Trinajstić information content (AvgIpc) is 2.92. The van der Waals surface area contributed by atoms with Gasteiger partial charge in [0.25, 0.3) is 5.69 Å². The number of Topliss-reactive ketones (excluding diaryl/α,β-unsaturated/α-hetero) is 1. The van der Waals surface area contributed by atoms with Gasteiger partial charge in [-0.05, 0) is 36.0 Å². The van der Waals surface area contributed by atoms with E-state index in [0.717, 1.165) is 11.1 Å². The Balaban J connectivity index is 1.54. The largest absolute Gasteiger partial charge is 0.460 e. The standard InChI is InChI=1S/C30H26N2O5/c1-19-27(30(34)37-18-20-9-4-2-5-10-20)28(22-13-8-14-24(15-22)32(35)36)29-25(31-19)16-23(17-26(29)33)21-11-6-3-7-12-21/h2-15,23,27-28H,16-18H2,1H3/t23-,27?,28-/m1/s1. The number of aliphatic imine (C=N–C) groups is 1. The molecule has 1 heterocycles. The highest BCUT2D eigenvalue weighted by Gasteiger charge is 2.45. The van der Waals surface area contributed by atoms with Gasteiger partial charge in [0.05, 0.1) is 4.92 Å². The minimum Gasteiger partial charge on any atom is -0.460 e. The van der Waals surface area contributed by atoms with E-state index in [-0.39, 0.29) is 30.4 Å². The number of carbonyl (C=O) groups excluding carboxylic acids is 2. The fourth-order valence-electron chi connectivity index (χ4n) is 5.34. The number of allylic oxidation sites excluding steroid dienone is 2. The predicted molar refractivity (Wildman–Crippen MR) is 139 cm³/mol. The maximum absolute atomic E-state index is 13.7. The van der Waals surface area contributed by atoms with Crippen molar-refractivity contribution in [2.75, 3.05) is 0 Å². The van der Waals surface area contributed by atoms with Crippen molar-refractivity contribution in [1.29, 1.82) is 0 Å². The van der Waals surface area contributed by atoms with Crippen LogP contribution < -0.4 is 0 Å². The third kappa shape index (κ3) is 4.98. The van der Waals surface area contributed by atoms with E-state index in [1.54, 1.807) is 19.1 Å². The normalized spacial score (nSPS) is 21.2. The summed E-state index contributed by atoms with van der Waals surface area (Å²) in [7, 11) is 0. The number of hydrogen-bond donors (Lipinski definition) is 0. The molecule has 2 aliphatic rings. The van der Waals surface area contributed by atoms with Gasteiger partial charge < -0.3 is 4.74 Å². The number of carbonyl (C=O) groups is 2. The van der Waals surface area contributed by atoms with Crippen molar-refractivity contribution in [1.82, 2.24) is 0 Å². The molecule has 7 heteroatoms. The van der Waals surface area contributed by atoms with Crippen molar-refractivity contribution in [2.45, 2.75) is 38.2 Å². The number of esters is 1. The number of ketones is 1. The van der Waals surface area contributed by atoms with Crippen molar-refractivity contribution >= 4 is 23.2 Å². The summed E-state index contributed by atoms with van der Waals surface area (Å²) in [4.78, 5) is 43.0. The third-order valence-electron chi connectivity index (χ3n) is 7.08. The molecule has 0 amide bonds. The smallest absolute Gasteiger partial charge is 0.315 e. The van der Waals surface area contributed by atoms with Gasteiger partial charge in [-0.25, -0.2) is 0 Å². The molecule has 1 unspecified atom stereocenters. The lowest BCUT2D eigenvalue weighted by atomic mass is 9.69. The quantitative estimate of drug-likeness (QED) is 0.241. The second kappa shape index (κ2) is 10.3. The molecule has 0 saturated carbocycles. The van der Waals surface area contributed by atoms with Gasteiger partial charge in [0, 0.05) is 41.5 Å². The maximum Gasteiger partial charge on any atom is 0.315 e. The number of hydrogen-bond acceptors (Lipinski definition) is 6. The molecule has 186 valence electrons. The first-order chi connectivity index (χ1) is 17.9. The Morgan fingerprint density at radius 2 is 1.65 bits per heavy atom. The first-order valence-corrected chi connectivity index (χ1v) is 12.2. The molecule has 0 spiro atoms. The molecule has 0 bridgehead atoms. The van der Waals surface area contributed by atoms with Crippen LogP contribution in [0.4, 0.5) is 5.69 Å². The van der Waals surface area contributed by atoms with Crippen LogP contribution in [-0.2, 0) is 20.9 Å². The molecule has 37 heavy (non-hydrogen) atoms. The van der Waals surface area contributed by atoms with E-state index >= 15 is 0 Å². The van der Waals surface area contributed by atoms with Crippen LogP contribution in [0.5, 0.6) is 0 Å². The Morgan fingerprint density at radius 1 is 0.973 bits per heavy atom. The topological polar surface area (TPSA) is 98.9 Å². The van der Waals surface area contributed by atoms with Gasteiger partial charge in [0.1, 0.15) is 12.5 Å². The molecule has 0 aromatic heterocycles. The van der Waals surface area contributed by atoms with Gasteiger partial charge in [0.2, 0.25) is 0 Å². The van der Waals surface area contributed by atoms with Crippen LogP contribution in [0.25, 0.3) is 0 Å². The Kier molecular flexibility index (Phi) is 6.77. The minimum atomic E-state index is -0.860. The Labute approximate surface area is 214 Å². The van der Waals surface area contributed by atoms with E-state index in [9.17, 15) is 19.7 Å². The van der Waals surface area contributed by atoms with Gasteiger partial charge in [-0.1, -0.05) is 72.8 Å². The number of nitrogens with zero attached hydrogens (tertiary/aromatic N) is 2. The Bertz CT molecular complexity index is 1410. The number of nitro groups is 1. The molecule has 7 nitrogen and oxygen atoms in total. The Morgan fingerprint density at radius 3 is 2.35 bits per heavy atom. The number of rotatable bonds is 6. The van der Waals surface area contributed by atoms with Gasteiger partial charge in [-0.2, -0.15) is 0 Å². The fourth-order valence-corrected chi connectivity index (χ4v) is 5.34. The van der Waals surface area contributed by atoms with Crippen LogP contribution in [0.15, 0.2) is 101 Å². The van der Waals surface area contributed by atoms with Crippen molar-refractivity contribution in [3.05, 3.63) is 123 Å². The van der Waals surface area contributed by atoms with Crippen molar-refractivity contribution in [2.24, 2.45) is 10.9 Å². The summed E-state index contributed by atoms with van der Waals surface area (Å²) in [5.41, 5.74) is 3.98. The zero-order chi connectivity index (χ0) is 25.9. The van der Waals surface area contributed by atoms with E-state index in [1.807, 2.05) is 60.7 Å².